The van der Waals surface area contributed by atoms with Gasteiger partial charge in [-0.3, -0.25) is 14.4 Å². The fraction of sp³-hybridized carbons (Fsp3) is 0.250. The fourth-order valence-electron chi connectivity index (χ4n) is 2.33. The molecule has 0 aliphatic rings. The first-order valence-corrected chi connectivity index (χ1v) is 8.31. The molecule has 0 spiro atoms. The van der Waals surface area contributed by atoms with Crippen molar-refractivity contribution >= 4 is 17.7 Å². The van der Waals surface area contributed by atoms with Gasteiger partial charge >= 0.3 is 5.97 Å². The number of benzene rings is 2. The van der Waals surface area contributed by atoms with E-state index in [9.17, 15) is 14.4 Å². The lowest BCUT2D eigenvalue weighted by molar-refractivity contribution is -0.141. The van der Waals surface area contributed by atoms with Crippen LogP contribution in [0.1, 0.15) is 20.7 Å². The van der Waals surface area contributed by atoms with E-state index in [-0.39, 0.29) is 12.1 Å². The van der Waals surface area contributed by atoms with Gasteiger partial charge in [-0.15, -0.1) is 0 Å². The Morgan fingerprint density at radius 3 is 2.29 bits per heavy atom. The summed E-state index contributed by atoms with van der Waals surface area (Å²) >= 11 is 0. The van der Waals surface area contributed by atoms with Gasteiger partial charge in [0.1, 0.15) is 23.8 Å². The number of hydrogen-bond donors (Lipinski definition) is 1. The van der Waals surface area contributed by atoms with Crippen LogP contribution < -0.4 is 19.5 Å². The molecule has 0 heterocycles. The van der Waals surface area contributed by atoms with Gasteiger partial charge < -0.3 is 24.3 Å². The van der Waals surface area contributed by atoms with Gasteiger partial charge in [-0.05, 0) is 36.4 Å². The molecule has 0 aliphatic heterocycles. The van der Waals surface area contributed by atoms with Crippen LogP contribution in [0.5, 0.6) is 17.2 Å². The molecule has 0 atom stereocenters. The molecule has 8 nitrogen and oxygen atoms in total. The normalized spacial score (nSPS) is 9.96. The molecule has 2 aromatic rings. The van der Waals surface area contributed by atoms with Crippen molar-refractivity contribution in [3.63, 3.8) is 0 Å². The van der Waals surface area contributed by atoms with Crippen molar-refractivity contribution in [3.8, 4) is 17.2 Å². The molecule has 2 rings (SSSR count). The van der Waals surface area contributed by atoms with Crippen LogP contribution in [-0.4, -0.2) is 52.1 Å². The average Bonchev–Trinajstić information content (AvgIpc) is 2.75. The summed E-state index contributed by atoms with van der Waals surface area (Å²) < 4.78 is 20.2. The minimum atomic E-state index is -0.744. The largest absolute Gasteiger partial charge is 0.497 e. The van der Waals surface area contributed by atoms with Gasteiger partial charge in [-0.1, -0.05) is 6.07 Å². The van der Waals surface area contributed by atoms with Gasteiger partial charge in [-0.2, -0.15) is 0 Å². The number of carbonyl (C=O) groups is 3. The number of methoxy groups -OCH3 is 3. The maximum Gasteiger partial charge on any atom is 0.325 e. The van der Waals surface area contributed by atoms with E-state index in [0.717, 1.165) is 0 Å². The van der Waals surface area contributed by atoms with Gasteiger partial charge in [0.2, 0.25) is 5.78 Å². The van der Waals surface area contributed by atoms with E-state index in [1.807, 2.05) is 0 Å². The molecule has 0 aromatic heterocycles. The summed E-state index contributed by atoms with van der Waals surface area (Å²) in [4.78, 5) is 36.2. The number of amides is 1. The van der Waals surface area contributed by atoms with E-state index in [4.69, 9.17) is 18.9 Å². The monoisotopic (exact) mass is 387 g/mol. The van der Waals surface area contributed by atoms with Crippen LogP contribution in [-0.2, 0) is 9.53 Å². The number of ketones is 1. The van der Waals surface area contributed by atoms with Crippen molar-refractivity contribution in [2.45, 2.75) is 0 Å². The van der Waals surface area contributed by atoms with Crippen molar-refractivity contribution in [2.75, 3.05) is 34.5 Å². The minimum absolute atomic E-state index is 0.232. The van der Waals surface area contributed by atoms with Gasteiger partial charge in [0, 0.05) is 5.56 Å². The summed E-state index contributed by atoms with van der Waals surface area (Å²) in [5.41, 5.74) is 0.569. The number of rotatable bonds is 9. The highest BCUT2D eigenvalue weighted by Gasteiger charge is 2.16. The number of hydrogen-bond acceptors (Lipinski definition) is 7. The molecule has 0 unspecified atom stereocenters. The minimum Gasteiger partial charge on any atom is -0.497 e. The lowest BCUT2D eigenvalue weighted by atomic mass is 10.1. The molecule has 0 saturated carbocycles. The van der Waals surface area contributed by atoms with Crippen LogP contribution >= 0.6 is 0 Å². The van der Waals surface area contributed by atoms with Crippen LogP contribution in [0.4, 0.5) is 0 Å². The third-order valence-corrected chi connectivity index (χ3v) is 3.80. The molecular formula is C20H21NO7. The van der Waals surface area contributed by atoms with E-state index in [0.29, 0.717) is 22.8 Å². The number of esters is 1. The molecule has 0 saturated heterocycles. The maximum absolute atomic E-state index is 12.3. The summed E-state index contributed by atoms with van der Waals surface area (Å²) in [6, 6.07) is 11.2. The zero-order chi connectivity index (χ0) is 20.5. The lowest BCUT2D eigenvalue weighted by Crippen LogP contribution is -2.31. The van der Waals surface area contributed by atoms with Gasteiger partial charge in [-0.25, -0.2) is 0 Å². The van der Waals surface area contributed by atoms with E-state index < -0.39 is 24.3 Å². The number of ether oxygens (including phenoxy) is 4. The van der Waals surface area contributed by atoms with Crippen LogP contribution in [0.2, 0.25) is 0 Å². The fourth-order valence-corrected chi connectivity index (χ4v) is 2.33. The van der Waals surface area contributed by atoms with Crippen LogP contribution in [0.25, 0.3) is 0 Å². The van der Waals surface area contributed by atoms with E-state index in [2.05, 4.69) is 5.32 Å². The molecule has 8 heteroatoms. The molecule has 28 heavy (non-hydrogen) atoms. The Balaban J connectivity index is 1.88. The predicted octanol–water partition coefficient (Wildman–Crippen LogP) is 1.87. The Kier molecular flexibility index (Phi) is 7.38. The molecular weight excluding hydrogens is 366 g/mol. The Morgan fingerprint density at radius 2 is 1.61 bits per heavy atom. The molecule has 0 aliphatic carbocycles. The van der Waals surface area contributed by atoms with Crippen LogP contribution in [0.15, 0.2) is 42.5 Å². The maximum atomic E-state index is 12.3. The zero-order valence-electron chi connectivity index (χ0n) is 15.8. The quantitative estimate of drug-likeness (QED) is 0.518. The Labute approximate surface area is 162 Å². The lowest BCUT2D eigenvalue weighted by Gasteiger charge is -2.10. The number of carbonyl (C=O) groups excluding carboxylic acids is 3. The van der Waals surface area contributed by atoms with Crippen LogP contribution in [0.3, 0.4) is 0 Å². The number of nitrogens with one attached hydrogen (secondary N) is 1. The Bertz CT molecular complexity index is 863. The van der Waals surface area contributed by atoms with Crippen molar-refractivity contribution in [1.29, 1.82) is 0 Å². The second kappa shape index (κ2) is 9.96. The second-order valence-electron chi connectivity index (χ2n) is 5.56. The zero-order valence-corrected chi connectivity index (χ0v) is 15.8. The molecule has 2 aromatic carbocycles. The molecule has 1 N–H and O–H groups in total. The highest BCUT2D eigenvalue weighted by molar-refractivity contribution is 6.01. The average molecular weight is 387 g/mol. The standard InChI is InChI=1S/C20H21NO7/c1-25-14-6-4-5-13(9-14)20(24)21-11-19(23)28-12-17(22)16-10-15(26-2)7-8-18(16)27-3/h4-10H,11-12H2,1-3H3,(H,21,24). The first-order chi connectivity index (χ1) is 13.5. The molecule has 1 amide bonds. The van der Waals surface area contributed by atoms with Gasteiger partial charge in [0.15, 0.2) is 6.61 Å². The smallest absolute Gasteiger partial charge is 0.325 e. The van der Waals surface area contributed by atoms with Crippen LogP contribution in [0, 0.1) is 0 Å². The predicted molar refractivity (Wildman–Crippen MR) is 100 cm³/mol. The first kappa shape index (κ1) is 20.8. The van der Waals surface area contributed by atoms with E-state index in [1.54, 1.807) is 36.4 Å². The SMILES string of the molecule is COc1cccc(C(=O)NCC(=O)OCC(=O)c2cc(OC)ccc2OC)c1. The molecule has 0 bridgehead atoms. The highest BCUT2D eigenvalue weighted by atomic mass is 16.5. The van der Waals surface area contributed by atoms with E-state index >= 15 is 0 Å². The summed E-state index contributed by atoms with van der Waals surface area (Å²) in [6.07, 6.45) is 0. The molecule has 148 valence electrons. The molecule has 0 fully saturated rings. The summed E-state index contributed by atoms with van der Waals surface area (Å²) in [6.45, 7) is -0.865. The Hall–Kier alpha value is -3.55. The summed E-state index contributed by atoms with van der Waals surface area (Å²) in [5, 5.41) is 2.43. The third kappa shape index (κ3) is 5.47. The second-order valence-corrected chi connectivity index (χ2v) is 5.56. The van der Waals surface area contributed by atoms with E-state index in [1.165, 1.54) is 27.4 Å². The van der Waals surface area contributed by atoms with Crippen molar-refractivity contribution in [2.24, 2.45) is 0 Å². The van der Waals surface area contributed by atoms with Gasteiger partial charge in [0.25, 0.3) is 5.91 Å². The third-order valence-electron chi connectivity index (χ3n) is 3.80. The van der Waals surface area contributed by atoms with Crippen molar-refractivity contribution < 1.29 is 33.3 Å². The molecule has 0 radical (unpaired) electrons. The topological polar surface area (TPSA) is 100 Å². The number of Topliss-reactive ketones (excluding diaryl/α,β-unsaturated/α-hetero) is 1. The summed E-state index contributed by atoms with van der Waals surface area (Å²) in [5.74, 6) is -0.325. The first-order valence-electron chi connectivity index (χ1n) is 8.31. The Morgan fingerprint density at radius 1 is 0.893 bits per heavy atom. The highest BCUT2D eigenvalue weighted by Crippen LogP contribution is 2.24. The van der Waals surface area contributed by atoms with Gasteiger partial charge in [0.05, 0.1) is 26.9 Å². The van der Waals surface area contributed by atoms with Crippen molar-refractivity contribution in [1.82, 2.24) is 5.32 Å². The summed E-state index contributed by atoms with van der Waals surface area (Å²) in [7, 11) is 4.39. The van der Waals surface area contributed by atoms with Crippen molar-refractivity contribution in [3.05, 3.63) is 53.6 Å².